The van der Waals surface area contributed by atoms with Crippen LogP contribution in [0.4, 0.5) is 0 Å². The zero-order chi connectivity index (χ0) is 12.1. The van der Waals surface area contributed by atoms with Crippen molar-refractivity contribution in [3.8, 4) is 0 Å². The first-order valence-corrected chi connectivity index (χ1v) is 8.40. The van der Waals surface area contributed by atoms with Crippen molar-refractivity contribution in [2.45, 2.75) is 63.1 Å². The Morgan fingerprint density at radius 1 is 1.35 bits per heavy atom. The van der Waals surface area contributed by atoms with Gasteiger partial charge in [-0.05, 0) is 19.3 Å². The molecule has 0 saturated heterocycles. The highest BCUT2D eigenvalue weighted by Crippen LogP contribution is 2.32. The molecule has 0 radical (unpaired) electrons. The van der Waals surface area contributed by atoms with Crippen molar-refractivity contribution in [2.75, 3.05) is 0 Å². The summed E-state index contributed by atoms with van der Waals surface area (Å²) in [5.41, 5.74) is 1.09. The van der Waals surface area contributed by atoms with Crippen LogP contribution in [-0.4, -0.2) is 15.3 Å². The Morgan fingerprint density at radius 3 is 2.71 bits per heavy atom. The summed E-state index contributed by atoms with van der Waals surface area (Å²) in [5, 5.41) is 11.3. The summed E-state index contributed by atoms with van der Waals surface area (Å²) in [7, 11) is 0. The lowest BCUT2D eigenvalue weighted by Crippen LogP contribution is -2.08. The quantitative estimate of drug-likeness (QED) is 0.885. The highest BCUT2D eigenvalue weighted by molar-refractivity contribution is 7.99. The molecule has 1 aliphatic carbocycles. The molecule has 1 aromatic rings. The van der Waals surface area contributed by atoms with Crippen LogP contribution >= 0.6 is 23.1 Å². The molecule has 1 heterocycles. The zero-order valence-corrected chi connectivity index (χ0v) is 12.1. The van der Waals surface area contributed by atoms with Gasteiger partial charge in [-0.15, -0.1) is 11.3 Å². The number of thioether (sulfide) groups is 1. The van der Waals surface area contributed by atoms with Gasteiger partial charge < -0.3 is 5.11 Å². The number of hydrogen-bond acceptors (Lipinski definition) is 4. The van der Waals surface area contributed by atoms with E-state index >= 15 is 0 Å². The van der Waals surface area contributed by atoms with E-state index in [0.29, 0.717) is 0 Å². The third-order valence-corrected chi connectivity index (χ3v) is 5.94. The second-order valence-corrected chi connectivity index (χ2v) is 7.02. The predicted octanol–water partition coefficient (Wildman–Crippen LogP) is 3.76. The summed E-state index contributed by atoms with van der Waals surface area (Å²) in [6, 6.07) is 0. The monoisotopic (exact) mass is 271 g/mol. The van der Waals surface area contributed by atoms with Gasteiger partial charge in [0.1, 0.15) is 5.01 Å². The normalized spacial score (nSPS) is 17.5. The molecule has 17 heavy (non-hydrogen) atoms. The minimum atomic E-state index is 0.148. The number of aromatic nitrogens is 1. The number of thiazole rings is 1. The fourth-order valence-electron chi connectivity index (χ4n) is 2.32. The summed E-state index contributed by atoms with van der Waals surface area (Å²) in [5.74, 6) is 1.03. The fraction of sp³-hybridized carbons (Fsp3) is 0.769. The summed E-state index contributed by atoms with van der Waals surface area (Å²) < 4.78 is 0. The number of nitrogens with zero attached hydrogens (tertiary/aromatic N) is 1. The molecule has 0 spiro atoms. The number of aliphatic hydroxyl groups excluding tert-OH is 1. The average Bonchev–Trinajstić information content (AvgIpc) is 2.80. The van der Waals surface area contributed by atoms with E-state index in [-0.39, 0.29) is 6.61 Å². The molecule has 1 aliphatic rings. The maximum absolute atomic E-state index is 9.24. The van der Waals surface area contributed by atoms with E-state index < -0.39 is 0 Å². The molecule has 1 fully saturated rings. The van der Waals surface area contributed by atoms with Crippen LogP contribution in [0.15, 0.2) is 0 Å². The summed E-state index contributed by atoms with van der Waals surface area (Å²) in [4.78, 5) is 5.68. The summed E-state index contributed by atoms with van der Waals surface area (Å²) >= 11 is 3.75. The van der Waals surface area contributed by atoms with Gasteiger partial charge in [-0.3, -0.25) is 0 Å². The molecule has 4 heteroatoms. The highest BCUT2D eigenvalue weighted by atomic mass is 32.2. The van der Waals surface area contributed by atoms with E-state index in [2.05, 4.69) is 23.7 Å². The average molecular weight is 271 g/mol. The molecule has 96 valence electrons. The Morgan fingerprint density at radius 2 is 2.12 bits per heavy atom. The molecule has 0 atom stereocenters. The van der Waals surface area contributed by atoms with Crippen LogP contribution in [-0.2, 0) is 18.8 Å². The van der Waals surface area contributed by atoms with Gasteiger partial charge in [-0.2, -0.15) is 11.8 Å². The SMILES string of the molecule is CCc1nc(CSC2CCCCC2)sc1CO. The Kier molecular flexibility index (Phi) is 5.32. The maximum atomic E-state index is 9.24. The van der Waals surface area contributed by atoms with E-state index in [1.54, 1.807) is 11.3 Å². The van der Waals surface area contributed by atoms with E-state index in [1.807, 2.05) is 0 Å². The van der Waals surface area contributed by atoms with Crippen LogP contribution in [0.2, 0.25) is 0 Å². The molecule has 0 bridgehead atoms. The van der Waals surface area contributed by atoms with Gasteiger partial charge in [-0.25, -0.2) is 4.98 Å². The topological polar surface area (TPSA) is 33.1 Å². The molecule has 1 N–H and O–H groups in total. The van der Waals surface area contributed by atoms with Gasteiger partial charge in [-0.1, -0.05) is 26.2 Å². The lowest BCUT2D eigenvalue weighted by molar-refractivity contribution is 0.284. The highest BCUT2D eigenvalue weighted by Gasteiger charge is 2.15. The van der Waals surface area contributed by atoms with E-state index in [1.165, 1.54) is 37.1 Å². The number of aliphatic hydroxyl groups is 1. The van der Waals surface area contributed by atoms with E-state index in [0.717, 1.165) is 28.0 Å². The van der Waals surface area contributed by atoms with E-state index in [4.69, 9.17) is 0 Å². The first-order chi connectivity index (χ1) is 8.33. The Bertz CT molecular complexity index is 324. The summed E-state index contributed by atoms with van der Waals surface area (Å²) in [6.45, 7) is 2.25. The predicted molar refractivity (Wildman–Crippen MR) is 75.6 cm³/mol. The van der Waals surface area contributed by atoms with Crippen molar-refractivity contribution in [3.05, 3.63) is 15.6 Å². The molecule has 0 aliphatic heterocycles. The van der Waals surface area contributed by atoms with Crippen LogP contribution in [0.5, 0.6) is 0 Å². The van der Waals surface area contributed by atoms with Gasteiger partial charge in [0, 0.05) is 11.0 Å². The molecule has 1 saturated carbocycles. The van der Waals surface area contributed by atoms with Crippen molar-refractivity contribution >= 4 is 23.1 Å². The number of rotatable bonds is 5. The van der Waals surface area contributed by atoms with Crippen molar-refractivity contribution in [2.24, 2.45) is 0 Å². The van der Waals surface area contributed by atoms with Gasteiger partial charge in [0.25, 0.3) is 0 Å². The molecule has 0 aromatic carbocycles. The Labute approximate surface area is 112 Å². The fourth-order valence-corrected chi connectivity index (χ4v) is 4.68. The first-order valence-electron chi connectivity index (χ1n) is 6.53. The number of aryl methyl sites for hydroxylation is 1. The lowest BCUT2D eigenvalue weighted by Gasteiger charge is -2.20. The van der Waals surface area contributed by atoms with Gasteiger partial charge in [0.2, 0.25) is 0 Å². The van der Waals surface area contributed by atoms with Gasteiger partial charge in [0.15, 0.2) is 0 Å². The third kappa shape index (κ3) is 3.70. The molecule has 2 nitrogen and oxygen atoms in total. The summed E-state index contributed by atoms with van der Waals surface area (Å²) in [6.07, 6.45) is 7.91. The Balaban J connectivity index is 1.87. The molecule has 1 aromatic heterocycles. The molecule has 2 rings (SSSR count). The van der Waals surface area contributed by atoms with Crippen LogP contribution in [0.3, 0.4) is 0 Å². The standard InChI is InChI=1S/C13H21NOS2/c1-2-11-12(8-15)17-13(14-11)9-16-10-6-4-3-5-7-10/h10,15H,2-9H2,1H3. The van der Waals surface area contributed by atoms with Crippen molar-refractivity contribution in [1.82, 2.24) is 4.98 Å². The second kappa shape index (κ2) is 6.76. The van der Waals surface area contributed by atoms with Crippen LogP contribution in [0.1, 0.15) is 54.6 Å². The smallest absolute Gasteiger partial charge is 0.103 e. The molecular weight excluding hydrogens is 250 g/mol. The van der Waals surface area contributed by atoms with Gasteiger partial charge >= 0.3 is 0 Å². The van der Waals surface area contributed by atoms with E-state index in [9.17, 15) is 5.11 Å². The van der Waals surface area contributed by atoms with Gasteiger partial charge in [0.05, 0.1) is 17.2 Å². The molecule has 0 amide bonds. The second-order valence-electron chi connectivity index (χ2n) is 4.56. The largest absolute Gasteiger partial charge is 0.391 e. The van der Waals surface area contributed by atoms with Crippen molar-refractivity contribution < 1.29 is 5.11 Å². The lowest BCUT2D eigenvalue weighted by atomic mass is 10.0. The third-order valence-electron chi connectivity index (χ3n) is 3.30. The molecule has 0 unspecified atom stereocenters. The minimum absolute atomic E-state index is 0.148. The number of hydrogen-bond donors (Lipinski definition) is 1. The van der Waals surface area contributed by atoms with Crippen molar-refractivity contribution in [1.29, 1.82) is 0 Å². The maximum Gasteiger partial charge on any atom is 0.103 e. The zero-order valence-electron chi connectivity index (χ0n) is 10.4. The van der Waals surface area contributed by atoms with Crippen LogP contribution < -0.4 is 0 Å². The van der Waals surface area contributed by atoms with Crippen LogP contribution in [0.25, 0.3) is 0 Å². The molecular formula is C13H21NOS2. The first kappa shape index (κ1) is 13.4. The Hall–Kier alpha value is -0.0600. The minimum Gasteiger partial charge on any atom is -0.391 e. The van der Waals surface area contributed by atoms with Crippen LogP contribution in [0, 0.1) is 0 Å². The van der Waals surface area contributed by atoms with Crippen molar-refractivity contribution in [3.63, 3.8) is 0 Å².